The van der Waals surface area contributed by atoms with E-state index >= 15 is 0 Å². The van der Waals surface area contributed by atoms with E-state index < -0.39 is 49.6 Å². The summed E-state index contributed by atoms with van der Waals surface area (Å²) in [6.07, 6.45) is -2.46. The smallest absolute Gasteiger partial charge is 0.302 e. The van der Waals surface area contributed by atoms with Crippen LogP contribution in [0.25, 0.3) is 0 Å². The quantitative estimate of drug-likeness (QED) is 0.355. The maximum absolute atomic E-state index is 12.6. The molecule has 158 valence electrons. The summed E-state index contributed by atoms with van der Waals surface area (Å²) in [7, 11) is -21.0. The van der Waals surface area contributed by atoms with E-state index in [1.807, 2.05) is 0 Å². The molecule has 0 heterocycles. The summed E-state index contributed by atoms with van der Waals surface area (Å²) in [6.45, 7) is 8.43. The van der Waals surface area contributed by atoms with E-state index in [0.29, 0.717) is 0 Å². The van der Waals surface area contributed by atoms with Crippen LogP contribution in [0.2, 0.25) is 0 Å². The SMILES string of the molecule is CC(C)OP(=O)(OC(C)C)OP(=O)(OC(C)C)OP(=O)(O)OP(=O)(O)O. The molecule has 0 bridgehead atoms. The van der Waals surface area contributed by atoms with Crippen molar-refractivity contribution in [2.75, 3.05) is 0 Å². The van der Waals surface area contributed by atoms with Crippen LogP contribution in [0.1, 0.15) is 41.5 Å². The number of hydrogen-bond donors (Lipinski definition) is 3. The topological polar surface area (TPSA) is 184 Å². The van der Waals surface area contributed by atoms with Gasteiger partial charge in [0.25, 0.3) is 0 Å². The van der Waals surface area contributed by atoms with Crippen LogP contribution in [0.15, 0.2) is 0 Å². The van der Waals surface area contributed by atoms with Gasteiger partial charge in [-0.1, -0.05) is 0 Å². The van der Waals surface area contributed by atoms with Gasteiger partial charge < -0.3 is 14.7 Å². The van der Waals surface area contributed by atoms with Gasteiger partial charge in [0.15, 0.2) is 0 Å². The van der Waals surface area contributed by atoms with Crippen molar-refractivity contribution in [1.29, 1.82) is 0 Å². The fraction of sp³-hybridized carbons (Fsp3) is 1.00. The number of phosphoric acid groups is 4. The molecule has 13 nitrogen and oxygen atoms in total. The van der Waals surface area contributed by atoms with E-state index in [1.165, 1.54) is 41.5 Å². The molecule has 0 saturated heterocycles. The molecular formula is C9H24O13P4. The largest absolute Gasteiger partial charge is 0.492 e. The third kappa shape index (κ3) is 12.1. The zero-order chi connectivity index (χ0) is 21.0. The van der Waals surface area contributed by atoms with Gasteiger partial charge in [-0.3, -0.25) is 13.6 Å². The molecule has 0 aliphatic heterocycles. The fourth-order valence-corrected chi connectivity index (χ4v) is 7.35. The van der Waals surface area contributed by atoms with Crippen molar-refractivity contribution in [3.05, 3.63) is 0 Å². The molecule has 0 aromatic carbocycles. The summed E-state index contributed by atoms with van der Waals surface area (Å²) in [4.78, 5) is 26.6. The lowest BCUT2D eigenvalue weighted by Crippen LogP contribution is -2.12. The second kappa shape index (κ2) is 9.85. The first-order chi connectivity index (χ1) is 11.4. The highest BCUT2D eigenvalue weighted by Crippen LogP contribution is 2.74. The predicted molar refractivity (Wildman–Crippen MR) is 89.0 cm³/mol. The molecule has 26 heavy (non-hydrogen) atoms. The molecule has 0 aromatic rings. The van der Waals surface area contributed by atoms with E-state index in [9.17, 15) is 23.2 Å². The van der Waals surface area contributed by atoms with Crippen LogP contribution in [-0.2, 0) is 44.8 Å². The molecule has 0 saturated carbocycles. The molecule has 0 radical (unpaired) electrons. The third-order valence-corrected chi connectivity index (χ3v) is 8.57. The lowest BCUT2D eigenvalue weighted by Gasteiger charge is -2.26. The lowest BCUT2D eigenvalue weighted by atomic mass is 10.5. The average molecular weight is 464 g/mol. The Bertz CT molecular complexity index is 624. The highest BCUT2D eigenvalue weighted by Gasteiger charge is 2.49. The van der Waals surface area contributed by atoms with Gasteiger partial charge in [-0.2, -0.15) is 12.9 Å². The van der Waals surface area contributed by atoms with Crippen LogP contribution >= 0.6 is 31.3 Å². The van der Waals surface area contributed by atoms with Gasteiger partial charge in [0.2, 0.25) is 0 Å². The first-order valence-electron chi connectivity index (χ1n) is 7.14. The number of rotatable bonds is 12. The van der Waals surface area contributed by atoms with Gasteiger partial charge >= 0.3 is 31.3 Å². The Hall–Kier alpha value is 0.560. The van der Waals surface area contributed by atoms with Crippen molar-refractivity contribution in [3.8, 4) is 0 Å². The van der Waals surface area contributed by atoms with Gasteiger partial charge in [-0.15, -0.1) is 0 Å². The Morgan fingerprint density at radius 2 is 0.923 bits per heavy atom. The maximum atomic E-state index is 12.6. The molecule has 3 N–H and O–H groups in total. The first-order valence-corrected chi connectivity index (χ1v) is 13.1. The standard InChI is InChI=1S/C9H24O13P4/c1-7(2)17-25(15,18-8(3)4)22-26(16,19-9(5)6)21-24(13,14)20-23(10,11)12/h7-9H,1-6H3,(H,13,14)(H2,10,11,12). The van der Waals surface area contributed by atoms with E-state index in [0.717, 1.165) is 0 Å². The van der Waals surface area contributed by atoms with E-state index in [1.54, 1.807) is 0 Å². The van der Waals surface area contributed by atoms with Gasteiger partial charge in [-0.25, -0.2) is 18.3 Å². The molecule has 0 fully saturated rings. The van der Waals surface area contributed by atoms with Crippen LogP contribution in [0.4, 0.5) is 0 Å². The Balaban J connectivity index is 5.76. The van der Waals surface area contributed by atoms with Gasteiger partial charge in [0.05, 0.1) is 18.3 Å². The Labute approximate surface area is 151 Å². The highest BCUT2D eigenvalue weighted by molar-refractivity contribution is 7.70. The van der Waals surface area contributed by atoms with Gasteiger partial charge in [0, 0.05) is 0 Å². The number of phosphoric ester groups is 1. The highest BCUT2D eigenvalue weighted by atomic mass is 31.3. The minimum atomic E-state index is -5.65. The fourth-order valence-electron chi connectivity index (χ4n) is 1.29. The summed E-state index contributed by atoms with van der Waals surface area (Å²) < 4.78 is 74.7. The minimum Gasteiger partial charge on any atom is -0.302 e. The molecule has 0 spiro atoms. The Morgan fingerprint density at radius 1 is 0.577 bits per heavy atom. The van der Waals surface area contributed by atoms with Crippen molar-refractivity contribution in [1.82, 2.24) is 0 Å². The summed E-state index contributed by atoms with van der Waals surface area (Å²) in [6, 6.07) is 0. The maximum Gasteiger partial charge on any atom is 0.492 e. The minimum absolute atomic E-state index is 0.751. The van der Waals surface area contributed by atoms with Crippen molar-refractivity contribution in [2.45, 2.75) is 59.9 Å². The first kappa shape index (κ1) is 26.6. The summed E-state index contributed by atoms with van der Waals surface area (Å²) in [5.41, 5.74) is 0. The van der Waals surface area contributed by atoms with Crippen LogP contribution in [0.5, 0.6) is 0 Å². The second-order valence-electron chi connectivity index (χ2n) is 5.56. The van der Waals surface area contributed by atoms with Crippen molar-refractivity contribution >= 4 is 31.3 Å². The van der Waals surface area contributed by atoms with E-state index in [2.05, 4.69) is 12.9 Å². The van der Waals surface area contributed by atoms with Gasteiger partial charge in [-0.05, 0) is 41.5 Å². The molecular weight excluding hydrogens is 440 g/mol. The average Bonchev–Trinajstić information content (AvgIpc) is 2.16. The summed E-state index contributed by atoms with van der Waals surface area (Å²) in [5, 5.41) is 0. The lowest BCUT2D eigenvalue weighted by molar-refractivity contribution is 0.0818. The van der Waals surface area contributed by atoms with Crippen LogP contribution < -0.4 is 0 Å². The Morgan fingerprint density at radius 3 is 1.23 bits per heavy atom. The zero-order valence-corrected chi connectivity index (χ0v) is 18.5. The predicted octanol–water partition coefficient (Wildman–Crippen LogP) is 3.72. The third-order valence-electron chi connectivity index (χ3n) is 1.63. The molecule has 2 unspecified atom stereocenters. The van der Waals surface area contributed by atoms with Crippen molar-refractivity contribution in [2.24, 2.45) is 0 Å². The van der Waals surface area contributed by atoms with Crippen LogP contribution in [0, 0.1) is 0 Å². The zero-order valence-electron chi connectivity index (χ0n) is 14.9. The second-order valence-corrected chi connectivity index (χ2v) is 11.9. The molecule has 2 atom stereocenters. The van der Waals surface area contributed by atoms with Crippen molar-refractivity contribution in [3.63, 3.8) is 0 Å². The number of hydrogen-bond acceptors (Lipinski definition) is 10. The van der Waals surface area contributed by atoms with E-state index in [4.69, 9.17) is 23.4 Å². The molecule has 0 aliphatic carbocycles. The summed E-state index contributed by atoms with van der Waals surface area (Å²) in [5.74, 6) is 0. The molecule has 17 heteroatoms. The monoisotopic (exact) mass is 464 g/mol. The molecule has 0 rings (SSSR count). The van der Waals surface area contributed by atoms with Crippen LogP contribution in [0.3, 0.4) is 0 Å². The molecule has 0 aliphatic rings. The normalized spacial score (nSPS) is 18.3. The van der Waals surface area contributed by atoms with Crippen molar-refractivity contribution < 1.29 is 59.4 Å². The Kier molecular flexibility index (Phi) is 10.1. The van der Waals surface area contributed by atoms with E-state index in [-0.39, 0.29) is 0 Å². The molecule has 0 amide bonds. The molecule has 0 aromatic heterocycles. The van der Waals surface area contributed by atoms with Gasteiger partial charge in [0.1, 0.15) is 0 Å². The summed E-state index contributed by atoms with van der Waals surface area (Å²) >= 11 is 0. The van der Waals surface area contributed by atoms with Crippen LogP contribution in [-0.4, -0.2) is 33.0 Å².